The molecule has 0 saturated heterocycles. The van der Waals surface area contributed by atoms with Gasteiger partial charge in [0.2, 0.25) is 5.91 Å². The second kappa shape index (κ2) is 12.6. The number of nitrogens with zero attached hydrogens (tertiary/aromatic N) is 1. The lowest BCUT2D eigenvalue weighted by atomic mass is 10.2. The first-order valence-electron chi connectivity index (χ1n) is 7.37. The molecule has 0 aliphatic carbocycles. The first-order chi connectivity index (χ1) is 8.74. The van der Waals surface area contributed by atoms with Gasteiger partial charge in [-0.1, -0.05) is 46.1 Å². The Morgan fingerprint density at radius 3 is 2.06 bits per heavy atom. The van der Waals surface area contributed by atoms with Crippen LogP contribution in [0.4, 0.5) is 0 Å². The van der Waals surface area contributed by atoms with Crippen molar-refractivity contribution < 1.29 is 4.79 Å². The van der Waals surface area contributed by atoms with Gasteiger partial charge in [0.1, 0.15) is 0 Å². The largest absolute Gasteiger partial charge is 0.351 e. The zero-order chi connectivity index (χ0) is 13.6. The highest BCUT2D eigenvalue weighted by molar-refractivity contribution is 5.86. The van der Waals surface area contributed by atoms with Crippen molar-refractivity contribution in [3.8, 4) is 0 Å². The monoisotopic (exact) mass is 254 g/mol. The molecule has 0 unspecified atom stereocenters. The van der Waals surface area contributed by atoms with E-state index in [0.29, 0.717) is 0 Å². The Labute approximate surface area is 113 Å². The molecule has 0 saturated carbocycles. The molecular formula is C15H30N2O. The molecule has 0 aliphatic rings. The van der Waals surface area contributed by atoms with Crippen LogP contribution in [0.3, 0.4) is 0 Å². The van der Waals surface area contributed by atoms with Gasteiger partial charge in [-0.05, 0) is 32.0 Å². The third kappa shape index (κ3) is 10.3. The number of amides is 1. The van der Waals surface area contributed by atoms with Gasteiger partial charge in [-0.2, -0.15) is 0 Å². The summed E-state index contributed by atoms with van der Waals surface area (Å²) >= 11 is 0. The lowest BCUT2D eigenvalue weighted by Gasteiger charge is -2.22. The summed E-state index contributed by atoms with van der Waals surface area (Å²) in [5.41, 5.74) is 0. The van der Waals surface area contributed by atoms with Crippen LogP contribution in [0.1, 0.15) is 52.4 Å². The highest BCUT2D eigenvalue weighted by Crippen LogP contribution is 2.02. The number of unbranched alkanes of at least 4 members (excludes halogenated alkanes) is 4. The van der Waals surface area contributed by atoms with Crippen molar-refractivity contribution in [1.82, 2.24) is 10.2 Å². The second-order valence-corrected chi connectivity index (χ2v) is 4.75. The zero-order valence-corrected chi connectivity index (χ0v) is 12.2. The van der Waals surface area contributed by atoms with Gasteiger partial charge in [0.15, 0.2) is 0 Å². The summed E-state index contributed by atoms with van der Waals surface area (Å²) in [7, 11) is 0. The first kappa shape index (κ1) is 17.2. The topological polar surface area (TPSA) is 32.3 Å². The number of carbonyl (C=O) groups excluding carboxylic acids is 1. The number of rotatable bonds is 12. The Hall–Kier alpha value is -0.830. The van der Waals surface area contributed by atoms with Gasteiger partial charge >= 0.3 is 0 Å². The van der Waals surface area contributed by atoms with Crippen molar-refractivity contribution in [3.63, 3.8) is 0 Å². The summed E-state index contributed by atoms with van der Waals surface area (Å²) < 4.78 is 0. The highest BCUT2D eigenvalue weighted by Gasteiger charge is 2.04. The van der Waals surface area contributed by atoms with Crippen molar-refractivity contribution >= 4 is 5.91 Å². The predicted octanol–water partition coefficient (Wildman–Crippen LogP) is 2.97. The van der Waals surface area contributed by atoms with E-state index in [0.717, 1.165) is 26.2 Å². The molecule has 3 nitrogen and oxygen atoms in total. The van der Waals surface area contributed by atoms with Gasteiger partial charge in [-0.25, -0.2) is 0 Å². The summed E-state index contributed by atoms with van der Waals surface area (Å²) in [6.45, 7) is 11.9. The summed E-state index contributed by atoms with van der Waals surface area (Å²) in [5, 5.41) is 2.84. The molecule has 0 atom stereocenters. The molecule has 0 aliphatic heterocycles. The molecule has 1 amide bonds. The molecular weight excluding hydrogens is 224 g/mol. The first-order valence-corrected chi connectivity index (χ1v) is 7.37. The quantitative estimate of drug-likeness (QED) is 0.429. The smallest absolute Gasteiger partial charge is 0.243 e. The molecule has 0 heterocycles. The summed E-state index contributed by atoms with van der Waals surface area (Å²) in [5.74, 6) is -0.0722. The molecule has 1 N–H and O–H groups in total. The van der Waals surface area contributed by atoms with Crippen LogP contribution in [0.15, 0.2) is 12.7 Å². The van der Waals surface area contributed by atoms with Gasteiger partial charge in [-0.15, -0.1) is 0 Å². The van der Waals surface area contributed by atoms with Crippen molar-refractivity contribution in [1.29, 1.82) is 0 Å². The Morgan fingerprint density at radius 2 is 1.61 bits per heavy atom. The van der Waals surface area contributed by atoms with E-state index >= 15 is 0 Å². The third-order valence-electron chi connectivity index (χ3n) is 3.07. The minimum Gasteiger partial charge on any atom is -0.351 e. The normalized spacial score (nSPS) is 10.6. The maximum atomic E-state index is 11.1. The van der Waals surface area contributed by atoms with Crippen molar-refractivity contribution in [2.75, 3.05) is 26.2 Å². The van der Waals surface area contributed by atoms with Gasteiger partial charge in [0.25, 0.3) is 0 Å². The Morgan fingerprint density at radius 1 is 1.06 bits per heavy atom. The van der Waals surface area contributed by atoms with E-state index in [9.17, 15) is 4.79 Å². The minimum atomic E-state index is -0.0722. The van der Waals surface area contributed by atoms with Crippen LogP contribution >= 0.6 is 0 Å². The molecule has 106 valence electrons. The lowest BCUT2D eigenvalue weighted by Crippen LogP contribution is -2.35. The minimum absolute atomic E-state index is 0.0722. The zero-order valence-electron chi connectivity index (χ0n) is 12.2. The Bertz CT molecular complexity index is 207. The maximum absolute atomic E-state index is 11.1. The van der Waals surface area contributed by atoms with Crippen molar-refractivity contribution in [2.45, 2.75) is 52.4 Å². The van der Waals surface area contributed by atoms with Crippen LogP contribution in [-0.2, 0) is 4.79 Å². The predicted molar refractivity (Wildman–Crippen MR) is 78.7 cm³/mol. The number of nitrogens with one attached hydrogen (secondary N) is 1. The van der Waals surface area contributed by atoms with Crippen LogP contribution in [0.2, 0.25) is 0 Å². The average molecular weight is 254 g/mol. The molecule has 0 spiro atoms. The summed E-state index contributed by atoms with van der Waals surface area (Å²) in [4.78, 5) is 13.5. The molecule has 18 heavy (non-hydrogen) atoms. The van der Waals surface area contributed by atoms with Crippen LogP contribution in [0.25, 0.3) is 0 Å². The van der Waals surface area contributed by atoms with E-state index in [-0.39, 0.29) is 5.91 Å². The summed E-state index contributed by atoms with van der Waals surface area (Å²) in [6, 6.07) is 0. The van der Waals surface area contributed by atoms with E-state index < -0.39 is 0 Å². The molecule has 0 rings (SSSR count). The fourth-order valence-corrected chi connectivity index (χ4v) is 1.92. The van der Waals surface area contributed by atoms with E-state index in [4.69, 9.17) is 0 Å². The molecule has 0 aromatic rings. The van der Waals surface area contributed by atoms with Crippen molar-refractivity contribution in [2.24, 2.45) is 0 Å². The van der Waals surface area contributed by atoms with Gasteiger partial charge in [-0.3, -0.25) is 4.79 Å². The molecule has 3 heteroatoms. The van der Waals surface area contributed by atoms with Crippen LogP contribution in [0.5, 0.6) is 0 Å². The van der Waals surface area contributed by atoms with Gasteiger partial charge in [0.05, 0.1) is 0 Å². The molecule has 0 bridgehead atoms. The van der Waals surface area contributed by atoms with Gasteiger partial charge in [0, 0.05) is 13.1 Å². The Kier molecular flexibility index (Phi) is 12.0. The van der Waals surface area contributed by atoms with Crippen LogP contribution < -0.4 is 5.32 Å². The lowest BCUT2D eigenvalue weighted by molar-refractivity contribution is -0.116. The fraction of sp³-hybridized carbons (Fsp3) is 0.800. The standard InChI is InChI=1S/C15H30N2O/c1-4-7-9-12-17(13-10-8-5-2)14-11-16-15(18)6-3/h6H,3-5,7-14H2,1-2H3,(H,16,18). The third-order valence-corrected chi connectivity index (χ3v) is 3.07. The molecule has 0 radical (unpaired) electrons. The van der Waals surface area contributed by atoms with E-state index in [1.54, 1.807) is 0 Å². The SMILES string of the molecule is C=CC(=O)NCCN(CCCCC)CCCCC. The van der Waals surface area contributed by atoms with E-state index in [2.05, 4.69) is 30.6 Å². The van der Waals surface area contributed by atoms with Gasteiger partial charge < -0.3 is 10.2 Å². The molecule has 0 fully saturated rings. The van der Waals surface area contributed by atoms with Crippen molar-refractivity contribution in [3.05, 3.63) is 12.7 Å². The number of carbonyl (C=O) groups is 1. The maximum Gasteiger partial charge on any atom is 0.243 e. The molecule has 0 aromatic heterocycles. The fourth-order valence-electron chi connectivity index (χ4n) is 1.92. The summed E-state index contributed by atoms with van der Waals surface area (Å²) in [6.07, 6.45) is 8.97. The van der Waals surface area contributed by atoms with E-state index in [1.807, 2.05) is 0 Å². The average Bonchev–Trinajstić information content (AvgIpc) is 2.38. The van der Waals surface area contributed by atoms with Crippen LogP contribution in [-0.4, -0.2) is 37.0 Å². The van der Waals surface area contributed by atoms with E-state index in [1.165, 1.54) is 44.6 Å². The number of hydrogen-bond donors (Lipinski definition) is 1. The van der Waals surface area contributed by atoms with Crippen LogP contribution in [0, 0.1) is 0 Å². The Balaban J connectivity index is 3.79. The second-order valence-electron chi connectivity index (χ2n) is 4.75. The highest BCUT2D eigenvalue weighted by atomic mass is 16.1. The molecule has 0 aromatic carbocycles. The number of hydrogen-bond acceptors (Lipinski definition) is 2.